The van der Waals surface area contributed by atoms with Crippen LogP contribution in [0.5, 0.6) is 0 Å². The maximum absolute atomic E-state index is 13.2. The lowest BCUT2D eigenvalue weighted by Gasteiger charge is -2.25. The number of benzene rings is 2. The van der Waals surface area contributed by atoms with Gasteiger partial charge < -0.3 is 0 Å². The highest BCUT2D eigenvalue weighted by molar-refractivity contribution is 7.89. The first-order valence-electron chi connectivity index (χ1n) is 9.06. The highest BCUT2D eigenvalue weighted by Gasteiger charge is 2.36. The van der Waals surface area contributed by atoms with Crippen molar-refractivity contribution in [3.8, 4) is 0 Å². The van der Waals surface area contributed by atoms with Crippen molar-refractivity contribution in [1.29, 1.82) is 0 Å². The molecular weight excluding hydrogens is 330 g/mol. The first-order chi connectivity index (χ1) is 11.9. The molecule has 1 atom stereocenters. The molecule has 4 heteroatoms. The molecule has 0 N–H and O–H groups in total. The predicted molar refractivity (Wildman–Crippen MR) is 102 cm³/mol. The fourth-order valence-corrected chi connectivity index (χ4v) is 5.38. The van der Waals surface area contributed by atoms with E-state index >= 15 is 0 Å². The topological polar surface area (TPSA) is 37.4 Å². The molecular formula is C21H27NO2S. The average Bonchev–Trinajstić information content (AvgIpc) is 3.05. The lowest BCUT2D eigenvalue weighted by atomic mass is 10.0. The van der Waals surface area contributed by atoms with E-state index in [-0.39, 0.29) is 6.04 Å². The molecule has 0 spiro atoms. The van der Waals surface area contributed by atoms with Crippen molar-refractivity contribution in [2.45, 2.75) is 51.0 Å². The fraction of sp³-hybridized carbons (Fsp3) is 0.429. The summed E-state index contributed by atoms with van der Waals surface area (Å²) >= 11 is 0. The molecule has 2 aromatic carbocycles. The van der Waals surface area contributed by atoms with Crippen molar-refractivity contribution in [2.75, 3.05) is 6.54 Å². The summed E-state index contributed by atoms with van der Waals surface area (Å²) in [7, 11) is -3.46. The van der Waals surface area contributed by atoms with Gasteiger partial charge in [-0.2, -0.15) is 4.31 Å². The summed E-state index contributed by atoms with van der Waals surface area (Å²) < 4.78 is 28.1. The Kier molecular flexibility index (Phi) is 5.30. The van der Waals surface area contributed by atoms with E-state index in [1.54, 1.807) is 16.4 Å². The van der Waals surface area contributed by atoms with Gasteiger partial charge in [0.25, 0.3) is 0 Å². The Morgan fingerprint density at radius 1 is 1.08 bits per heavy atom. The Morgan fingerprint density at radius 3 is 2.40 bits per heavy atom. The van der Waals surface area contributed by atoms with Crippen molar-refractivity contribution < 1.29 is 8.42 Å². The van der Waals surface area contributed by atoms with E-state index in [1.807, 2.05) is 24.3 Å². The Morgan fingerprint density at radius 2 is 1.76 bits per heavy atom. The second-order valence-corrected chi connectivity index (χ2v) is 9.26. The minimum absolute atomic E-state index is 0.0541. The molecule has 0 aliphatic carbocycles. The van der Waals surface area contributed by atoms with E-state index < -0.39 is 10.0 Å². The number of rotatable bonds is 5. The van der Waals surface area contributed by atoms with Crippen LogP contribution < -0.4 is 0 Å². The normalized spacial score (nSPS) is 18.8. The zero-order valence-corrected chi connectivity index (χ0v) is 16.1. The van der Waals surface area contributed by atoms with E-state index in [0.717, 1.165) is 30.4 Å². The van der Waals surface area contributed by atoms with Gasteiger partial charge in [-0.15, -0.1) is 0 Å². The summed E-state index contributed by atoms with van der Waals surface area (Å²) in [6.45, 7) is 6.98. The molecule has 134 valence electrons. The van der Waals surface area contributed by atoms with Crippen LogP contribution in [0.4, 0.5) is 0 Å². The zero-order valence-electron chi connectivity index (χ0n) is 15.3. The molecule has 2 aromatic rings. The Hall–Kier alpha value is -1.65. The first kappa shape index (κ1) is 18.2. The standard InChI is InChI=1S/C21H27NO2S/c1-16(2)15-18-10-12-19(13-11-18)25(23,24)22-14-6-9-21(22)20-8-5-4-7-17(20)3/h4-5,7-8,10-13,16,21H,6,9,14-15H2,1-3H3. The quantitative estimate of drug-likeness (QED) is 0.776. The maximum Gasteiger partial charge on any atom is 0.243 e. The van der Waals surface area contributed by atoms with E-state index in [9.17, 15) is 8.42 Å². The molecule has 1 saturated heterocycles. The van der Waals surface area contributed by atoms with Gasteiger partial charge >= 0.3 is 0 Å². The van der Waals surface area contributed by atoms with Crippen LogP contribution in [0.25, 0.3) is 0 Å². The van der Waals surface area contributed by atoms with Gasteiger partial charge in [-0.3, -0.25) is 0 Å². The van der Waals surface area contributed by atoms with Crippen LogP contribution in [0.3, 0.4) is 0 Å². The van der Waals surface area contributed by atoms with Crippen LogP contribution >= 0.6 is 0 Å². The third-order valence-corrected chi connectivity index (χ3v) is 6.85. The number of hydrogen-bond donors (Lipinski definition) is 0. The van der Waals surface area contributed by atoms with Crippen molar-refractivity contribution in [1.82, 2.24) is 4.31 Å². The van der Waals surface area contributed by atoms with Crippen LogP contribution in [0.15, 0.2) is 53.4 Å². The van der Waals surface area contributed by atoms with Gasteiger partial charge in [0.1, 0.15) is 0 Å². The van der Waals surface area contributed by atoms with Crippen LogP contribution in [0, 0.1) is 12.8 Å². The van der Waals surface area contributed by atoms with Crippen molar-refractivity contribution in [3.63, 3.8) is 0 Å². The van der Waals surface area contributed by atoms with Crippen molar-refractivity contribution in [2.24, 2.45) is 5.92 Å². The third kappa shape index (κ3) is 3.80. The molecule has 0 amide bonds. The zero-order chi connectivity index (χ0) is 18.0. The molecule has 25 heavy (non-hydrogen) atoms. The van der Waals surface area contributed by atoms with Gasteiger partial charge in [0.2, 0.25) is 10.0 Å². The predicted octanol–water partition coefficient (Wildman–Crippen LogP) is 4.72. The molecule has 1 fully saturated rings. The monoisotopic (exact) mass is 357 g/mol. The second kappa shape index (κ2) is 7.30. The van der Waals surface area contributed by atoms with Gasteiger partial charge in [0, 0.05) is 6.54 Å². The van der Waals surface area contributed by atoms with Crippen LogP contribution in [-0.4, -0.2) is 19.3 Å². The summed E-state index contributed by atoms with van der Waals surface area (Å²) in [6, 6.07) is 15.5. The molecule has 3 rings (SSSR count). The lowest BCUT2D eigenvalue weighted by molar-refractivity contribution is 0.395. The number of hydrogen-bond acceptors (Lipinski definition) is 2. The van der Waals surface area contributed by atoms with Gasteiger partial charge in [0.15, 0.2) is 0 Å². The maximum atomic E-state index is 13.2. The summed E-state index contributed by atoms with van der Waals surface area (Å²) in [6.07, 6.45) is 2.76. The van der Waals surface area contributed by atoms with E-state index in [2.05, 4.69) is 32.9 Å². The smallest absolute Gasteiger partial charge is 0.207 e. The molecule has 3 nitrogen and oxygen atoms in total. The van der Waals surface area contributed by atoms with Crippen molar-refractivity contribution >= 4 is 10.0 Å². The minimum Gasteiger partial charge on any atom is -0.207 e. The molecule has 0 aromatic heterocycles. The highest BCUT2D eigenvalue weighted by Crippen LogP contribution is 2.37. The molecule has 1 aliphatic heterocycles. The minimum atomic E-state index is -3.46. The third-order valence-electron chi connectivity index (χ3n) is 4.93. The first-order valence-corrected chi connectivity index (χ1v) is 10.5. The Balaban J connectivity index is 1.89. The summed E-state index contributed by atoms with van der Waals surface area (Å²) in [5, 5.41) is 0. The summed E-state index contributed by atoms with van der Waals surface area (Å²) in [4.78, 5) is 0.403. The van der Waals surface area contributed by atoms with Gasteiger partial charge in [-0.05, 0) is 60.9 Å². The van der Waals surface area contributed by atoms with Gasteiger partial charge in [-0.25, -0.2) is 8.42 Å². The molecule has 0 radical (unpaired) electrons. The number of nitrogens with zero attached hydrogens (tertiary/aromatic N) is 1. The SMILES string of the molecule is Cc1ccccc1C1CCCN1S(=O)(=O)c1ccc(CC(C)C)cc1. The Bertz CT molecular complexity index is 825. The molecule has 1 heterocycles. The molecule has 0 bridgehead atoms. The van der Waals surface area contributed by atoms with E-state index in [4.69, 9.17) is 0 Å². The molecule has 1 unspecified atom stereocenters. The Labute approximate surface area is 151 Å². The van der Waals surface area contributed by atoms with Crippen molar-refractivity contribution in [3.05, 3.63) is 65.2 Å². The van der Waals surface area contributed by atoms with Crippen LogP contribution in [-0.2, 0) is 16.4 Å². The van der Waals surface area contributed by atoms with Gasteiger partial charge in [-0.1, -0.05) is 50.2 Å². The number of aryl methyl sites for hydroxylation is 1. The van der Waals surface area contributed by atoms with E-state index in [1.165, 1.54) is 5.56 Å². The summed E-state index contributed by atoms with van der Waals surface area (Å²) in [5.74, 6) is 0.562. The van der Waals surface area contributed by atoms with E-state index in [0.29, 0.717) is 17.4 Å². The molecule has 0 saturated carbocycles. The number of sulfonamides is 1. The average molecular weight is 358 g/mol. The second-order valence-electron chi connectivity index (χ2n) is 7.37. The van der Waals surface area contributed by atoms with Gasteiger partial charge in [0.05, 0.1) is 10.9 Å². The van der Waals surface area contributed by atoms with Crippen LogP contribution in [0.2, 0.25) is 0 Å². The largest absolute Gasteiger partial charge is 0.243 e. The lowest BCUT2D eigenvalue weighted by Crippen LogP contribution is -2.31. The summed E-state index contributed by atoms with van der Waals surface area (Å²) in [5.41, 5.74) is 3.47. The highest BCUT2D eigenvalue weighted by atomic mass is 32.2. The van der Waals surface area contributed by atoms with Crippen LogP contribution in [0.1, 0.15) is 49.4 Å². The fourth-order valence-electron chi connectivity index (χ4n) is 3.70. The molecule has 1 aliphatic rings.